The summed E-state index contributed by atoms with van der Waals surface area (Å²) in [6.07, 6.45) is 9.10. The molecule has 0 amide bonds. The minimum absolute atomic E-state index is 0. The van der Waals surface area contributed by atoms with Crippen molar-refractivity contribution in [1.29, 1.82) is 0 Å². The number of aromatic nitrogens is 1. The Hall–Kier alpha value is -3.85. The molecular weight excluding hydrogens is 767 g/mol. The quantitative estimate of drug-likeness (QED) is 0.0660. The maximum absolute atomic E-state index is 11.7. The van der Waals surface area contributed by atoms with E-state index in [9.17, 15) is 9.90 Å². The molecule has 0 saturated carbocycles. The van der Waals surface area contributed by atoms with Crippen LogP contribution >= 0.6 is 0 Å². The van der Waals surface area contributed by atoms with E-state index in [0.717, 1.165) is 47.9 Å². The van der Waals surface area contributed by atoms with E-state index in [4.69, 9.17) is 0 Å². The van der Waals surface area contributed by atoms with Crippen molar-refractivity contribution in [2.75, 3.05) is 0 Å². The third kappa shape index (κ3) is 9.84. The van der Waals surface area contributed by atoms with E-state index in [1.165, 1.54) is 28.2 Å². The monoisotopic (exact) mass is 817 g/mol. The van der Waals surface area contributed by atoms with Crippen LogP contribution in [0.2, 0.25) is 0 Å². The number of rotatable bonds is 10. The predicted molar refractivity (Wildman–Crippen MR) is 197 cm³/mol. The van der Waals surface area contributed by atoms with Crippen molar-refractivity contribution in [3.8, 4) is 27.9 Å². The van der Waals surface area contributed by atoms with E-state index >= 15 is 0 Å². The second-order valence-corrected chi connectivity index (χ2v) is 13.2. The van der Waals surface area contributed by atoms with Gasteiger partial charge in [0.2, 0.25) is 0 Å². The van der Waals surface area contributed by atoms with Crippen LogP contribution in [0.4, 0.5) is 0 Å². The van der Waals surface area contributed by atoms with Gasteiger partial charge in [-0.2, -0.15) is 23.8 Å². The molecule has 0 fully saturated rings. The zero-order chi connectivity index (χ0) is 34.0. The average Bonchev–Trinajstić information content (AvgIpc) is 3.09. The molecular formula is C44H50IrNO2-. The Kier molecular flexibility index (Phi) is 14.5. The Bertz CT molecular complexity index is 1780. The molecule has 4 aromatic carbocycles. The van der Waals surface area contributed by atoms with Crippen LogP contribution in [0.15, 0.2) is 115 Å². The molecule has 1 radical (unpaired) electrons. The van der Waals surface area contributed by atoms with Gasteiger partial charge >= 0.3 is 0 Å². The van der Waals surface area contributed by atoms with Gasteiger partial charge in [-0.3, -0.25) is 9.36 Å². The van der Waals surface area contributed by atoms with Gasteiger partial charge in [0.05, 0.1) is 18.2 Å². The topological polar surface area (TPSA) is 41.2 Å². The number of carbonyl (C=O) groups is 1. The van der Waals surface area contributed by atoms with Gasteiger partial charge in [-0.15, -0.1) is 22.6 Å². The Labute approximate surface area is 302 Å². The molecule has 1 heterocycles. The van der Waals surface area contributed by atoms with Crippen molar-refractivity contribution in [3.63, 3.8) is 0 Å². The van der Waals surface area contributed by atoms with Gasteiger partial charge in [0.1, 0.15) is 0 Å². The van der Waals surface area contributed by atoms with Crippen molar-refractivity contribution >= 4 is 16.6 Å². The zero-order valence-electron chi connectivity index (χ0n) is 29.5. The van der Waals surface area contributed by atoms with E-state index in [-0.39, 0.29) is 48.9 Å². The Morgan fingerprint density at radius 3 is 1.98 bits per heavy atom. The summed E-state index contributed by atoms with van der Waals surface area (Å²) in [4.78, 5) is 11.7. The molecule has 0 bridgehead atoms. The molecule has 0 aliphatic carbocycles. The van der Waals surface area contributed by atoms with Crippen molar-refractivity contribution < 1.29 is 34.6 Å². The fraction of sp³-hybridized carbons (Fsp3) is 0.318. The van der Waals surface area contributed by atoms with Crippen LogP contribution in [0.5, 0.6) is 0 Å². The standard InChI is InChI=1S/C31H26N.C13H24O2.Ir/c1-31(2,3)30-21-27(20-25-12-7-8-14-29(25)30)26-13-9-19-32(22-26)28-17-15-24(16-18-28)23-10-5-4-6-11-23;1-5-10(6-2)12(14)9-13(15)11(7-3)8-4;/h4-12,14-19,21-22H,1-3H3;9-11,14H,5-8H2,1-4H3;/q-1;;/b;12-9-;. The van der Waals surface area contributed by atoms with Crippen LogP contribution < -0.4 is 4.57 Å². The maximum atomic E-state index is 11.7. The normalized spacial score (nSPS) is 11.6. The van der Waals surface area contributed by atoms with Crippen LogP contribution in [0.1, 0.15) is 79.7 Å². The summed E-state index contributed by atoms with van der Waals surface area (Å²) >= 11 is 0. The summed E-state index contributed by atoms with van der Waals surface area (Å²) in [6.45, 7) is 14.9. The largest absolute Gasteiger partial charge is 0.512 e. The number of benzene rings is 4. The van der Waals surface area contributed by atoms with E-state index in [1.807, 2.05) is 46.0 Å². The number of pyridine rings is 1. The number of aliphatic hydroxyl groups excluding tert-OH is 1. The van der Waals surface area contributed by atoms with Gasteiger partial charge in [-0.25, -0.2) is 0 Å². The third-order valence-electron chi connectivity index (χ3n) is 8.97. The number of fused-ring (bicyclic) bond motifs is 1. The molecule has 0 spiro atoms. The number of hydrogen-bond donors (Lipinski definition) is 1. The Morgan fingerprint density at radius 2 is 1.38 bits per heavy atom. The molecule has 48 heavy (non-hydrogen) atoms. The molecule has 5 rings (SSSR count). The first-order chi connectivity index (χ1) is 22.6. The summed E-state index contributed by atoms with van der Waals surface area (Å²) in [5.41, 5.74) is 7.05. The molecule has 0 atom stereocenters. The van der Waals surface area contributed by atoms with Crippen LogP contribution in [0.25, 0.3) is 38.7 Å². The SMILES string of the molecule is CC(C)(C)c1cc(-c2[c-]cc[n+](-c3ccc(-c4ccccc4)cc3)c2)[c-]c2ccccc12.CCC(CC)C(=O)/C=C(\O)C(CC)CC.[Ir]. The van der Waals surface area contributed by atoms with E-state index in [0.29, 0.717) is 0 Å². The molecule has 4 heteroatoms. The molecule has 5 aromatic rings. The number of nitrogens with zero attached hydrogens (tertiary/aromatic N) is 1. The summed E-state index contributed by atoms with van der Waals surface area (Å²) in [5.74, 6) is 0.547. The van der Waals surface area contributed by atoms with Crippen LogP contribution in [-0.2, 0) is 30.3 Å². The number of allylic oxidation sites excluding steroid dienone is 2. The molecule has 0 saturated heterocycles. The summed E-state index contributed by atoms with van der Waals surface area (Å²) in [6, 6.07) is 39.0. The van der Waals surface area contributed by atoms with Gasteiger partial charge < -0.3 is 5.11 Å². The Morgan fingerprint density at radius 1 is 0.792 bits per heavy atom. The Balaban J connectivity index is 0.000000334. The number of hydrogen-bond acceptors (Lipinski definition) is 2. The van der Waals surface area contributed by atoms with Gasteiger partial charge in [0.25, 0.3) is 0 Å². The van der Waals surface area contributed by atoms with Crippen LogP contribution in [-0.4, -0.2) is 10.9 Å². The molecule has 0 unspecified atom stereocenters. The van der Waals surface area contributed by atoms with Gasteiger partial charge in [-0.05, 0) is 54.4 Å². The second kappa shape index (κ2) is 18.1. The van der Waals surface area contributed by atoms with Crippen LogP contribution in [0.3, 0.4) is 0 Å². The number of aliphatic hydroxyl groups is 1. The third-order valence-corrected chi connectivity index (χ3v) is 8.97. The first-order valence-electron chi connectivity index (χ1n) is 17.1. The van der Waals surface area contributed by atoms with E-state index < -0.39 is 0 Å². The fourth-order valence-corrected chi connectivity index (χ4v) is 5.97. The fourth-order valence-electron chi connectivity index (χ4n) is 5.97. The second-order valence-electron chi connectivity index (χ2n) is 13.2. The molecule has 253 valence electrons. The summed E-state index contributed by atoms with van der Waals surface area (Å²) in [5, 5.41) is 12.2. The first-order valence-corrected chi connectivity index (χ1v) is 17.1. The molecule has 0 aliphatic rings. The molecule has 0 aliphatic heterocycles. The number of ketones is 1. The van der Waals surface area contributed by atoms with E-state index in [1.54, 1.807) is 0 Å². The van der Waals surface area contributed by atoms with Crippen molar-refractivity contribution in [3.05, 3.63) is 133 Å². The van der Waals surface area contributed by atoms with Gasteiger partial charge in [0, 0.05) is 50.1 Å². The first kappa shape index (κ1) is 38.6. The maximum Gasteiger partial charge on any atom is 0.192 e. The van der Waals surface area contributed by atoms with Crippen molar-refractivity contribution in [2.45, 2.75) is 79.6 Å². The van der Waals surface area contributed by atoms with Crippen molar-refractivity contribution in [1.82, 2.24) is 0 Å². The minimum Gasteiger partial charge on any atom is -0.512 e. The molecule has 1 aromatic heterocycles. The minimum atomic E-state index is 0. The van der Waals surface area contributed by atoms with Gasteiger partial charge in [0.15, 0.2) is 11.5 Å². The zero-order valence-corrected chi connectivity index (χ0v) is 31.9. The smallest absolute Gasteiger partial charge is 0.192 e. The van der Waals surface area contributed by atoms with Crippen LogP contribution in [0, 0.1) is 24.0 Å². The molecule has 3 nitrogen and oxygen atoms in total. The van der Waals surface area contributed by atoms with E-state index in [2.05, 4.69) is 123 Å². The predicted octanol–water partition coefficient (Wildman–Crippen LogP) is 11.2. The molecule has 1 N–H and O–H groups in total. The summed E-state index contributed by atoms with van der Waals surface area (Å²) in [7, 11) is 0. The van der Waals surface area contributed by atoms with Crippen molar-refractivity contribution in [2.24, 2.45) is 11.8 Å². The average molecular weight is 817 g/mol. The number of carbonyl (C=O) groups excluding carboxylic acids is 1. The van der Waals surface area contributed by atoms with Gasteiger partial charge in [-0.1, -0.05) is 108 Å². The summed E-state index contributed by atoms with van der Waals surface area (Å²) < 4.78 is 2.15.